The standard InChI is InChI=1S/C26H35F2N3O5/c1-5-35-24(33)22(25(34)36-6-2)23(30-14-12-26(4,16-30)11-13-29-17(3)32)31(19-8-9-19)21-10-7-18(27)15-20(21)28/h7,10,15,19H,5-6,8-9,11-14,16H2,1-4H3,(H,29,32). The Morgan fingerprint density at radius 2 is 1.78 bits per heavy atom. The van der Waals surface area contributed by atoms with Crippen LogP contribution in [0.4, 0.5) is 14.5 Å². The van der Waals surface area contributed by atoms with E-state index in [-0.39, 0.29) is 47.7 Å². The van der Waals surface area contributed by atoms with Crippen molar-refractivity contribution in [3.63, 3.8) is 0 Å². The van der Waals surface area contributed by atoms with Gasteiger partial charge in [0.1, 0.15) is 17.5 Å². The molecule has 2 fully saturated rings. The minimum atomic E-state index is -0.856. The monoisotopic (exact) mass is 507 g/mol. The molecule has 36 heavy (non-hydrogen) atoms. The van der Waals surface area contributed by atoms with Crippen molar-refractivity contribution in [1.82, 2.24) is 10.2 Å². The lowest BCUT2D eigenvalue weighted by Gasteiger charge is -2.36. The van der Waals surface area contributed by atoms with Crippen molar-refractivity contribution in [2.75, 3.05) is 37.7 Å². The first-order valence-electron chi connectivity index (χ1n) is 12.4. The minimum Gasteiger partial charge on any atom is -0.462 e. The maximum Gasteiger partial charge on any atom is 0.349 e. The maximum absolute atomic E-state index is 15.1. The van der Waals surface area contributed by atoms with Crippen molar-refractivity contribution in [3.05, 3.63) is 41.2 Å². The van der Waals surface area contributed by atoms with Crippen LogP contribution in [0.3, 0.4) is 0 Å². The first-order valence-corrected chi connectivity index (χ1v) is 12.4. The van der Waals surface area contributed by atoms with Crippen LogP contribution < -0.4 is 10.2 Å². The van der Waals surface area contributed by atoms with Crippen LogP contribution in [0.15, 0.2) is 29.6 Å². The summed E-state index contributed by atoms with van der Waals surface area (Å²) in [5, 5.41) is 2.81. The Hall–Kier alpha value is -3.17. The summed E-state index contributed by atoms with van der Waals surface area (Å²) >= 11 is 0. The number of hydrogen-bond donors (Lipinski definition) is 1. The number of amides is 1. The number of anilines is 1. The van der Waals surface area contributed by atoms with Crippen LogP contribution in [0.1, 0.15) is 53.4 Å². The Bertz CT molecular complexity index is 1010. The normalized spacial score (nSPS) is 19.0. The van der Waals surface area contributed by atoms with Gasteiger partial charge in [0.15, 0.2) is 5.57 Å². The highest BCUT2D eigenvalue weighted by Crippen LogP contribution is 2.42. The zero-order chi connectivity index (χ0) is 26.5. The Labute approximate surface area is 210 Å². The van der Waals surface area contributed by atoms with Crippen molar-refractivity contribution in [2.45, 2.75) is 59.4 Å². The van der Waals surface area contributed by atoms with Crippen LogP contribution in [0.25, 0.3) is 0 Å². The second-order valence-electron chi connectivity index (χ2n) is 9.55. The lowest BCUT2D eigenvalue weighted by Crippen LogP contribution is -2.41. The molecule has 2 aliphatic rings. The minimum absolute atomic E-state index is 0.0395. The average molecular weight is 508 g/mol. The Kier molecular flexibility index (Phi) is 8.92. The van der Waals surface area contributed by atoms with E-state index in [0.717, 1.165) is 18.6 Å². The topological polar surface area (TPSA) is 88.2 Å². The number of esters is 2. The quantitative estimate of drug-likeness (QED) is 0.212. The van der Waals surface area contributed by atoms with Gasteiger partial charge >= 0.3 is 11.9 Å². The van der Waals surface area contributed by atoms with Gasteiger partial charge in [-0.2, -0.15) is 0 Å². The molecule has 1 aliphatic carbocycles. The largest absolute Gasteiger partial charge is 0.462 e. The van der Waals surface area contributed by atoms with Gasteiger partial charge in [-0.3, -0.25) is 4.79 Å². The van der Waals surface area contributed by atoms with Crippen LogP contribution in [0.2, 0.25) is 0 Å². The van der Waals surface area contributed by atoms with Crippen molar-refractivity contribution in [2.24, 2.45) is 5.41 Å². The summed E-state index contributed by atoms with van der Waals surface area (Å²) in [6.07, 6.45) is 2.83. The number of carbonyl (C=O) groups excluding carboxylic acids is 3. The Morgan fingerprint density at radius 1 is 1.14 bits per heavy atom. The molecule has 3 rings (SSSR count). The first kappa shape index (κ1) is 27.4. The van der Waals surface area contributed by atoms with Gasteiger partial charge in [-0.1, -0.05) is 6.92 Å². The molecule has 1 saturated carbocycles. The number of nitrogens with zero attached hydrogens (tertiary/aromatic N) is 2. The summed E-state index contributed by atoms with van der Waals surface area (Å²) in [5.41, 5.74) is -0.467. The van der Waals surface area contributed by atoms with Gasteiger partial charge in [-0.15, -0.1) is 0 Å². The summed E-state index contributed by atoms with van der Waals surface area (Å²) in [6.45, 7) is 8.30. The third-order valence-electron chi connectivity index (χ3n) is 6.45. The van der Waals surface area contributed by atoms with Crippen LogP contribution in [0.5, 0.6) is 0 Å². The van der Waals surface area contributed by atoms with E-state index in [4.69, 9.17) is 9.47 Å². The third-order valence-corrected chi connectivity index (χ3v) is 6.45. The van der Waals surface area contributed by atoms with E-state index in [9.17, 15) is 18.8 Å². The molecule has 1 saturated heterocycles. The van der Waals surface area contributed by atoms with Gasteiger partial charge in [0, 0.05) is 38.7 Å². The van der Waals surface area contributed by atoms with Gasteiger partial charge in [0.2, 0.25) is 5.91 Å². The van der Waals surface area contributed by atoms with Crippen molar-refractivity contribution >= 4 is 23.5 Å². The lowest BCUT2D eigenvalue weighted by atomic mass is 9.86. The zero-order valence-electron chi connectivity index (χ0n) is 21.4. The van der Waals surface area contributed by atoms with E-state index >= 15 is 4.39 Å². The second kappa shape index (κ2) is 11.7. The fourth-order valence-corrected chi connectivity index (χ4v) is 4.55. The molecule has 0 aromatic heterocycles. The molecule has 198 valence electrons. The summed E-state index contributed by atoms with van der Waals surface area (Å²) in [7, 11) is 0. The average Bonchev–Trinajstić information content (AvgIpc) is 3.56. The predicted octanol–water partition coefficient (Wildman–Crippen LogP) is 3.51. The molecular formula is C26H35F2N3O5. The summed E-state index contributed by atoms with van der Waals surface area (Å²) < 4.78 is 39.3. The SMILES string of the molecule is CCOC(=O)C(C(=O)OCC)=C(N1CCC(C)(CCNC(C)=O)C1)N(c1ccc(F)cc1F)C1CC1. The number of likely N-dealkylation sites (tertiary alicyclic amines) is 1. The van der Waals surface area contributed by atoms with Crippen LogP contribution in [-0.4, -0.2) is 61.6 Å². The number of nitrogens with one attached hydrogen (secondary N) is 1. The van der Waals surface area contributed by atoms with E-state index in [2.05, 4.69) is 12.2 Å². The molecule has 1 atom stereocenters. The lowest BCUT2D eigenvalue weighted by molar-refractivity contribution is -0.147. The van der Waals surface area contributed by atoms with Crippen LogP contribution in [0, 0.1) is 17.0 Å². The molecule has 0 radical (unpaired) electrons. The van der Waals surface area contributed by atoms with E-state index in [1.165, 1.54) is 13.0 Å². The molecule has 1 aliphatic heterocycles. The molecule has 10 heteroatoms. The Morgan fingerprint density at radius 3 is 2.31 bits per heavy atom. The molecule has 1 amide bonds. The number of benzene rings is 1. The fourth-order valence-electron chi connectivity index (χ4n) is 4.55. The number of halogens is 2. The van der Waals surface area contributed by atoms with E-state index in [0.29, 0.717) is 38.9 Å². The molecule has 8 nitrogen and oxygen atoms in total. The van der Waals surface area contributed by atoms with Gasteiger partial charge < -0.3 is 24.6 Å². The van der Waals surface area contributed by atoms with Crippen molar-refractivity contribution < 1.29 is 32.6 Å². The maximum atomic E-state index is 15.1. The zero-order valence-corrected chi connectivity index (χ0v) is 21.4. The fraction of sp³-hybridized carbons (Fsp3) is 0.577. The summed E-state index contributed by atoms with van der Waals surface area (Å²) in [5.74, 6) is -3.13. The molecule has 1 heterocycles. The molecular weight excluding hydrogens is 472 g/mol. The second-order valence-corrected chi connectivity index (χ2v) is 9.55. The molecule has 0 bridgehead atoms. The number of rotatable bonds is 11. The highest BCUT2D eigenvalue weighted by atomic mass is 19.1. The van der Waals surface area contributed by atoms with E-state index < -0.39 is 23.6 Å². The third kappa shape index (κ3) is 6.53. The number of hydrogen-bond acceptors (Lipinski definition) is 7. The van der Waals surface area contributed by atoms with Gasteiger partial charge in [-0.25, -0.2) is 18.4 Å². The highest BCUT2D eigenvalue weighted by Gasteiger charge is 2.44. The highest BCUT2D eigenvalue weighted by molar-refractivity contribution is 6.15. The van der Waals surface area contributed by atoms with Gasteiger partial charge in [0.25, 0.3) is 0 Å². The predicted molar refractivity (Wildman–Crippen MR) is 130 cm³/mol. The van der Waals surface area contributed by atoms with Crippen LogP contribution in [-0.2, 0) is 23.9 Å². The summed E-state index contributed by atoms with van der Waals surface area (Å²) in [6, 6.07) is 3.09. The van der Waals surface area contributed by atoms with E-state index in [1.54, 1.807) is 18.7 Å². The van der Waals surface area contributed by atoms with Gasteiger partial charge in [-0.05, 0) is 57.1 Å². The molecule has 0 spiro atoms. The smallest absolute Gasteiger partial charge is 0.349 e. The Balaban J connectivity index is 2.12. The molecule has 1 aromatic rings. The van der Waals surface area contributed by atoms with E-state index in [1.807, 2.05) is 4.90 Å². The molecule has 1 unspecified atom stereocenters. The number of ether oxygens (including phenoxy) is 2. The number of carbonyl (C=O) groups is 3. The van der Waals surface area contributed by atoms with Crippen LogP contribution >= 0.6 is 0 Å². The van der Waals surface area contributed by atoms with Gasteiger partial charge in [0.05, 0.1) is 18.9 Å². The molecule has 1 aromatic carbocycles. The first-order chi connectivity index (χ1) is 17.1. The summed E-state index contributed by atoms with van der Waals surface area (Å²) in [4.78, 5) is 41.1. The van der Waals surface area contributed by atoms with Crippen molar-refractivity contribution in [1.29, 1.82) is 0 Å². The van der Waals surface area contributed by atoms with Crippen molar-refractivity contribution in [3.8, 4) is 0 Å². The molecule has 1 N–H and O–H groups in total.